The third kappa shape index (κ3) is 3.56. The number of anilines is 1. The average Bonchev–Trinajstić information content (AvgIpc) is 3.29. The van der Waals surface area contributed by atoms with Crippen molar-refractivity contribution in [2.45, 2.75) is 6.54 Å². The van der Waals surface area contributed by atoms with Crippen LogP contribution in [0.15, 0.2) is 94.4 Å². The summed E-state index contributed by atoms with van der Waals surface area (Å²) < 4.78 is 13.4. The highest BCUT2D eigenvalue weighted by Gasteiger charge is 2.21. The van der Waals surface area contributed by atoms with E-state index in [9.17, 15) is 4.79 Å². The predicted octanol–water partition coefficient (Wildman–Crippen LogP) is 4.91. The molecule has 3 heterocycles. The van der Waals surface area contributed by atoms with Crippen LogP contribution in [-0.4, -0.2) is 26.9 Å². The zero-order valence-electron chi connectivity index (χ0n) is 19.4. The molecule has 0 radical (unpaired) electrons. The molecule has 176 valence electrons. The molecule has 0 fully saturated rings. The van der Waals surface area contributed by atoms with Gasteiger partial charge in [0.25, 0.3) is 0 Å². The monoisotopic (exact) mass is 475 g/mol. The van der Waals surface area contributed by atoms with Crippen LogP contribution in [0.2, 0.25) is 0 Å². The van der Waals surface area contributed by atoms with Crippen molar-refractivity contribution in [3.63, 3.8) is 0 Å². The van der Waals surface area contributed by atoms with Crippen LogP contribution in [0.3, 0.4) is 0 Å². The Balaban J connectivity index is 1.59. The first kappa shape index (κ1) is 21.5. The van der Waals surface area contributed by atoms with Crippen LogP contribution in [0, 0.1) is 0 Å². The molecule has 2 N–H and O–H groups in total. The van der Waals surface area contributed by atoms with Crippen LogP contribution in [-0.2, 0) is 6.54 Å². The van der Waals surface area contributed by atoms with Gasteiger partial charge in [0, 0.05) is 5.56 Å². The number of nitrogen functional groups attached to an aromatic ring is 1. The van der Waals surface area contributed by atoms with E-state index in [1.54, 1.807) is 23.9 Å². The fourth-order valence-corrected chi connectivity index (χ4v) is 4.45. The average molecular weight is 476 g/mol. The maximum atomic E-state index is 13.6. The van der Waals surface area contributed by atoms with Gasteiger partial charge in [0.05, 0.1) is 23.4 Å². The van der Waals surface area contributed by atoms with E-state index in [4.69, 9.17) is 20.0 Å². The van der Waals surface area contributed by atoms with Gasteiger partial charge in [-0.3, -0.25) is 4.79 Å². The normalized spacial score (nSPS) is 11.2. The number of nitrogens with two attached hydrogens (primary N) is 1. The summed E-state index contributed by atoms with van der Waals surface area (Å²) in [5.74, 6) is 1.48. The van der Waals surface area contributed by atoms with Gasteiger partial charge in [0.1, 0.15) is 41.5 Å². The molecule has 6 rings (SSSR count). The summed E-state index contributed by atoms with van der Waals surface area (Å²) in [4.78, 5) is 22.3. The van der Waals surface area contributed by atoms with Gasteiger partial charge in [0.15, 0.2) is 5.65 Å². The first-order valence-electron chi connectivity index (χ1n) is 11.4. The molecule has 8 heteroatoms. The van der Waals surface area contributed by atoms with Crippen molar-refractivity contribution in [3.8, 4) is 28.1 Å². The lowest BCUT2D eigenvalue weighted by atomic mass is 10.0. The van der Waals surface area contributed by atoms with Crippen LogP contribution in [0.25, 0.3) is 44.4 Å². The summed E-state index contributed by atoms with van der Waals surface area (Å²) in [6.07, 6.45) is 1.40. The smallest absolute Gasteiger partial charge is 0.200 e. The minimum Gasteiger partial charge on any atom is -0.497 e. The molecule has 0 unspecified atom stereocenters. The number of benzene rings is 3. The highest BCUT2D eigenvalue weighted by molar-refractivity contribution is 5.98. The Kier molecular flexibility index (Phi) is 5.19. The van der Waals surface area contributed by atoms with Gasteiger partial charge in [-0.1, -0.05) is 54.6 Å². The van der Waals surface area contributed by atoms with E-state index in [1.807, 2.05) is 66.7 Å². The molecule has 8 nitrogen and oxygen atoms in total. The number of aromatic nitrogens is 4. The molecule has 0 spiro atoms. The Hall–Kier alpha value is -4.98. The van der Waals surface area contributed by atoms with E-state index in [0.29, 0.717) is 50.6 Å². The van der Waals surface area contributed by atoms with Gasteiger partial charge in [-0.15, -0.1) is 0 Å². The van der Waals surface area contributed by atoms with E-state index in [0.717, 1.165) is 11.1 Å². The Bertz CT molecular complexity index is 1790. The second kappa shape index (κ2) is 8.66. The van der Waals surface area contributed by atoms with Crippen LogP contribution in [0.5, 0.6) is 5.75 Å². The molecule has 3 aromatic carbocycles. The molecule has 0 aliphatic carbocycles. The van der Waals surface area contributed by atoms with Crippen molar-refractivity contribution in [1.82, 2.24) is 19.7 Å². The van der Waals surface area contributed by atoms with Gasteiger partial charge < -0.3 is 14.9 Å². The Morgan fingerprint density at radius 1 is 0.944 bits per heavy atom. The van der Waals surface area contributed by atoms with Crippen molar-refractivity contribution < 1.29 is 9.15 Å². The molecular weight excluding hydrogens is 454 g/mol. The molecule has 6 aromatic rings. The largest absolute Gasteiger partial charge is 0.497 e. The van der Waals surface area contributed by atoms with Crippen LogP contribution in [0.1, 0.15) is 5.76 Å². The minimum atomic E-state index is -0.100. The minimum absolute atomic E-state index is 0.100. The van der Waals surface area contributed by atoms with Gasteiger partial charge in [-0.25, -0.2) is 14.6 Å². The molecule has 36 heavy (non-hydrogen) atoms. The van der Waals surface area contributed by atoms with E-state index in [2.05, 4.69) is 9.97 Å². The number of nitrogens with zero attached hydrogens (tertiary/aromatic N) is 4. The van der Waals surface area contributed by atoms with Gasteiger partial charge in [-0.05, 0) is 29.8 Å². The standard InChI is InChI=1S/C28H21N5O3/c1-35-19-11-7-10-18(14-19)25-24-27(29)30-16-31-28(24)33(32-25)15-22-23(17-8-3-2-4-9-17)26(34)20-12-5-6-13-21(20)36-22/h2-14,16H,15H2,1H3,(H2,29,30,31). The fraction of sp³-hybridized carbons (Fsp3) is 0.0714. The van der Waals surface area contributed by atoms with E-state index >= 15 is 0 Å². The maximum absolute atomic E-state index is 13.6. The zero-order chi connectivity index (χ0) is 24.6. The third-order valence-electron chi connectivity index (χ3n) is 6.13. The summed E-state index contributed by atoms with van der Waals surface area (Å²) in [5.41, 5.74) is 9.91. The van der Waals surface area contributed by atoms with Crippen molar-refractivity contribution in [2.24, 2.45) is 0 Å². The second-order valence-corrected chi connectivity index (χ2v) is 8.29. The van der Waals surface area contributed by atoms with E-state index in [1.165, 1.54) is 6.33 Å². The van der Waals surface area contributed by atoms with Crippen LogP contribution in [0.4, 0.5) is 5.82 Å². The highest BCUT2D eigenvalue weighted by atomic mass is 16.5. The molecule has 0 atom stereocenters. The molecule has 0 saturated carbocycles. The van der Waals surface area contributed by atoms with Crippen molar-refractivity contribution in [1.29, 1.82) is 0 Å². The summed E-state index contributed by atoms with van der Waals surface area (Å²) in [7, 11) is 1.61. The van der Waals surface area contributed by atoms with Crippen molar-refractivity contribution in [2.75, 3.05) is 12.8 Å². The third-order valence-corrected chi connectivity index (χ3v) is 6.13. The lowest BCUT2D eigenvalue weighted by molar-refractivity contribution is 0.415. The van der Waals surface area contributed by atoms with Crippen LogP contribution >= 0.6 is 0 Å². The molecule has 0 bridgehead atoms. The van der Waals surface area contributed by atoms with E-state index < -0.39 is 0 Å². The lowest BCUT2D eigenvalue weighted by Crippen LogP contribution is -2.12. The number of hydrogen-bond acceptors (Lipinski definition) is 7. The Morgan fingerprint density at radius 3 is 2.56 bits per heavy atom. The number of ether oxygens (including phenoxy) is 1. The van der Waals surface area contributed by atoms with Crippen LogP contribution < -0.4 is 15.9 Å². The number of fused-ring (bicyclic) bond motifs is 2. The molecular formula is C28H21N5O3. The number of rotatable bonds is 5. The fourth-order valence-electron chi connectivity index (χ4n) is 4.45. The molecule has 0 aliphatic heterocycles. The summed E-state index contributed by atoms with van der Waals surface area (Å²) in [5, 5.41) is 5.99. The quantitative estimate of drug-likeness (QED) is 0.377. The number of methoxy groups -OCH3 is 1. The van der Waals surface area contributed by atoms with Gasteiger partial charge in [-0.2, -0.15) is 5.10 Å². The number of para-hydroxylation sites is 1. The van der Waals surface area contributed by atoms with Crippen molar-refractivity contribution >= 4 is 27.8 Å². The zero-order valence-corrected chi connectivity index (χ0v) is 19.4. The molecule has 0 saturated heterocycles. The lowest BCUT2D eigenvalue weighted by Gasteiger charge is -2.11. The first-order chi connectivity index (χ1) is 17.6. The summed E-state index contributed by atoms with van der Waals surface area (Å²) >= 11 is 0. The Labute approximate surface area is 205 Å². The van der Waals surface area contributed by atoms with Gasteiger partial charge >= 0.3 is 0 Å². The summed E-state index contributed by atoms with van der Waals surface area (Å²) in [6, 6.07) is 24.3. The summed E-state index contributed by atoms with van der Waals surface area (Å²) in [6.45, 7) is 0.168. The van der Waals surface area contributed by atoms with Gasteiger partial charge in [0.2, 0.25) is 5.43 Å². The molecule has 3 aromatic heterocycles. The molecule has 0 aliphatic rings. The molecule has 0 amide bonds. The second-order valence-electron chi connectivity index (χ2n) is 8.29. The SMILES string of the molecule is COc1cccc(-c2nn(Cc3oc4ccccc4c(=O)c3-c3ccccc3)c3ncnc(N)c23)c1. The van der Waals surface area contributed by atoms with E-state index in [-0.39, 0.29) is 12.0 Å². The highest BCUT2D eigenvalue weighted by Crippen LogP contribution is 2.33. The topological polar surface area (TPSA) is 109 Å². The Morgan fingerprint density at radius 2 is 1.72 bits per heavy atom. The van der Waals surface area contributed by atoms with Crippen molar-refractivity contribution in [3.05, 3.63) is 101 Å². The first-order valence-corrected chi connectivity index (χ1v) is 11.4. The predicted molar refractivity (Wildman–Crippen MR) is 139 cm³/mol. The number of hydrogen-bond donors (Lipinski definition) is 1. The maximum Gasteiger partial charge on any atom is 0.200 e.